The van der Waals surface area contributed by atoms with E-state index in [-0.39, 0.29) is 18.3 Å². The fourth-order valence-electron chi connectivity index (χ4n) is 4.51. The van der Waals surface area contributed by atoms with Crippen molar-refractivity contribution in [3.8, 4) is 0 Å². The van der Waals surface area contributed by atoms with Crippen LogP contribution in [0.25, 0.3) is 0 Å². The third kappa shape index (κ3) is 3.43. The zero-order valence-corrected chi connectivity index (χ0v) is 15.7. The highest BCUT2D eigenvalue weighted by Crippen LogP contribution is 2.40. The summed E-state index contributed by atoms with van der Waals surface area (Å²) >= 11 is 0. The molecule has 3 aliphatic rings. The van der Waals surface area contributed by atoms with Gasteiger partial charge in [-0.05, 0) is 18.9 Å². The minimum Gasteiger partial charge on any atom is -0.376 e. The number of piperidine rings is 1. The molecule has 7 heteroatoms. The van der Waals surface area contributed by atoms with Crippen LogP contribution in [0.5, 0.6) is 0 Å². The van der Waals surface area contributed by atoms with Crippen molar-refractivity contribution in [2.24, 2.45) is 5.92 Å². The minimum atomic E-state index is -2.55. The van der Waals surface area contributed by atoms with Crippen LogP contribution in [0.1, 0.15) is 44.4 Å². The van der Waals surface area contributed by atoms with Crippen molar-refractivity contribution in [3.63, 3.8) is 0 Å². The molecule has 5 nitrogen and oxygen atoms in total. The van der Waals surface area contributed by atoms with Crippen LogP contribution in [-0.2, 0) is 16.8 Å². The molecule has 0 aromatic carbocycles. The molecule has 1 aromatic heterocycles. The first-order chi connectivity index (χ1) is 12.4. The van der Waals surface area contributed by atoms with Crippen molar-refractivity contribution >= 4 is 5.95 Å². The minimum absolute atomic E-state index is 0.0834. The summed E-state index contributed by atoms with van der Waals surface area (Å²) < 4.78 is 32.8. The van der Waals surface area contributed by atoms with Crippen molar-refractivity contribution in [2.45, 2.75) is 51.1 Å². The highest BCUT2D eigenvalue weighted by atomic mass is 19.3. The zero-order valence-electron chi connectivity index (χ0n) is 15.7. The maximum Gasteiger partial charge on any atom is 0.251 e. The lowest BCUT2D eigenvalue weighted by molar-refractivity contribution is -0.0223. The quantitative estimate of drug-likeness (QED) is 0.823. The van der Waals surface area contributed by atoms with Gasteiger partial charge in [-0.3, -0.25) is 0 Å². The average molecular weight is 366 g/mol. The predicted molar refractivity (Wildman–Crippen MR) is 95.7 cm³/mol. The van der Waals surface area contributed by atoms with Gasteiger partial charge in [0.2, 0.25) is 5.95 Å². The van der Waals surface area contributed by atoms with E-state index in [1.54, 1.807) is 0 Å². The molecule has 2 fully saturated rings. The molecule has 2 saturated heterocycles. The summed E-state index contributed by atoms with van der Waals surface area (Å²) in [6, 6.07) is 0. The number of hydrogen-bond donors (Lipinski definition) is 0. The molecule has 4 heterocycles. The Morgan fingerprint density at radius 2 is 1.96 bits per heavy atom. The highest BCUT2D eigenvalue weighted by molar-refractivity contribution is 5.39. The van der Waals surface area contributed by atoms with Crippen LogP contribution in [-0.4, -0.2) is 60.1 Å². The van der Waals surface area contributed by atoms with Crippen LogP contribution < -0.4 is 4.90 Å². The van der Waals surface area contributed by atoms with Crippen LogP contribution >= 0.6 is 0 Å². The molecule has 4 rings (SSSR count). The van der Waals surface area contributed by atoms with E-state index in [0.29, 0.717) is 38.2 Å². The molecule has 0 saturated carbocycles. The summed E-state index contributed by atoms with van der Waals surface area (Å²) in [6.45, 7) is 9.41. The topological polar surface area (TPSA) is 41.5 Å². The second kappa shape index (κ2) is 6.68. The lowest BCUT2D eigenvalue weighted by Gasteiger charge is -2.36. The number of alkyl halides is 2. The SMILES string of the molecule is CC(C)CN1CC[C@]2(COCc3cnc(N4CCC(F)(F)CC4)nc32)C1. The van der Waals surface area contributed by atoms with Gasteiger partial charge in [0.05, 0.1) is 24.3 Å². The molecule has 0 N–H and O–H groups in total. The van der Waals surface area contributed by atoms with E-state index in [2.05, 4.69) is 23.7 Å². The molecule has 26 heavy (non-hydrogen) atoms. The largest absolute Gasteiger partial charge is 0.376 e. The molecule has 3 aliphatic heterocycles. The van der Waals surface area contributed by atoms with Gasteiger partial charge in [0.25, 0.3) is 5.92 Å². The van der Waals surface area contributed by atoms with Crippen molar-refractivity contribution in [1.29, 1.82) is 0 Å². The molecule has 1 aromatic rings. The third-order valence-electron chi connectivity index (χ3n) is 5.82. The first kappa shape index (κ1) is 18.0. The molecule has 0 bridgehead atoms. The Morgan fingerprint density at radius 1 is 1.19 bits per heavy atom. The second-order valence-corrected chi connectivity index (χ2v) is 8.54. The number of halogens is 2. The fourth-order valence-corrected chi connectivity index (χ4v) is 4.51. The van der Waals surface area contributed by atoms with Gasteiger partial charge in [-0.2, -0.15) is 0 Å². The van der Waals surface area contributed by atoms with Gasteiger partial charge in [-0.15, -0.1) is 0 Å². The van der Waals surface area contributed by atoms with Crippen LogP contribution in [0.15, 0.2) is 6.20 Å². The molecule has 0 unspecified atom stereocenters. The lowest BCUT2D eigenvalue weighted by atomic mass is 9.80. The van der Waals surface area contributed by atoms with Gasteiger partial charge >= 0.3 is 0 Å². The number of anilines is 1. The second-order valence-electron chi connectivity index (χ2n) is 8.54. The Hall–Kier alpha value is -1.34. The van der Waals surface area contributed by atoms with Crippen molar-refractivity contribution in [3.05, 3.63) is 17.5 Å². The Morgan fingerprint density at radius 3 is 2.69 bits per heavy atom. The molecular weight excluding hydrogens is 338 g/mol. The van der Waals surface area contributed by atoms with Crippen LogP contribution in [0.3, 0.4) is 0 Å². The molecule has 0 radical (unpaired) electrons. The summed E-state index contributed by atoms with van der Waals surface area (Å²) in [5.41, 5.74) is 2.05. The van der Waals surface area contributed by atoms with Crippen LogP contribution in [0.2, 0.25) is 0 Å². The number of hydrogen-bond acceptors (Lipinski definition) is 5. The number of fused-ring (bicyclic) bond motifs is 2. The van der Waals surface area contributed by atoms with Gasteiger partial charge in [-0.1, -0.05) is 13.8 Å². The predicted octanol–water partition coefficient (Wildman–Crippen LogP) is 2.84. The van der Waals surface area contributed by atoms with E-state index >= 15 is 0 Å². The van der Waals surface area contributed by atoms with Crippen molar-refractivity contribution < 1.29 is 13.5 Å². The number of aromatic nitrogens is 2. The summed E-state index contributed by atoms with van der Waals surface area (Å²) in [4.78, 5) is 13.8. The highest BCUT2D eigenvalue weighted by Gasteiger charge is 2.45. The normalized spacial score (nSPS) is 28.7. The Kier molecular flexibility index (Phi) is 4.63. The number of ether oxygens (including phenoxy) is 1. The third-order valence-corrected chi connectivity index (χ3v) is 5.82. The fraction of sp³-hybridized carbons (Fsp3) is 0.789. The van der Waals surface area contributed by atoms with E-state index in [0.717, 1.165) is 37.3 Å². The molecular formula is C19H28F2N4O. The monoisotopic (exact) mass is 366 g/mol. The molecule has 1 atom stereocenters. The maximum atomic E-state index is 13.5. The van der Waals surface area contributed by atoms with Crippen molar-refractivity contribution in [1.82, 2.24) is 14.9 Å². The Labute approximate surface area is 153 Å². The Bertz CT molecular complexity index is 659. The van der Waals surface area contributed by atoms with Gasteiger partial charge in [0, 0.05) is 50.8 Å². The number of likely N-dealkylation sites (tertiary alicyclic amines) is 1. The molecule has 144 valence electrons. The maximum absolute atomic E-state index is 13.5. The number of rotatable bonds is 3. The smallest absolute Gasteiger partial charge is 0.251 e. The van der Waals surface area contributed by atoms with Gasteiger partial charge < -0.3 is 14.5 Å². The zero-order chi connectivity index (χ0) is 18.4. The average Bonchev–Trinajstić information content (AvgIpc) is 2.98. The standard InChI is InChI=1S/C19H28F2N4O/c1-14(2)10-24-6-3-18(12-24)13-26-11-15-9-22-17(23-16(15)18)25-7-4-19(20,21)5-8-25/h9,14H,3-8,10-13H2,1-2H3/t18-/m1/s1. The van der Waals surface area contributed by atoms with E-state index in [1.165, 1.54) is 0 Å². The molecule has 0 aliphatic carbocycles. The molecule has 1 spiro atoms. The van der Waals surface area contributed by atoms with Crippen molar-refractivity contribution in [2.75, 3.05) is 44.2 Å². The first-order valence-electron chi connectivity index (χ1n) is 9.66. The summed E-state index contributed by atoms with van der Waals surface area (Å²) in [5, 5.41) is 0. The first-order valence-corrected chi connectivity index (χ1v) is 9.66. The van der Waals surface area contributed by atoms with Gasteiger partial charge in [0.15, 0.2) is 0 Å². The Balaban J connectivity index is 1.58. The van der Waals surface area contributed by atoms with E-state index in [1.807, 2.05) is 11.1 Å². The van der Waals surface area contributed by atoms with Crippen LogP contribution in [0, 0.1) is 5.92 Å². The van der Waals surface area contributed by atoms with Crippen LogP contribution in [0.4, 0.5) is 14.7 Å². The van der Waals surface area contributed by atoms with E-state index < -0.39 is 5.92 Å². The lowest BCUT2D eigenvalue weighted by Crippen LogP contribution is -2.43. The molecule has 0 amide bonds. The van der Waals surface area contributed by atoms with E-state index in [4.69, 9.17) is 9.72 Å². The summed E-state index contributed by atoms with van der Waals surface area (Å²) in [6.07, 6.45) is 2.63. The summed E-state index contributed by atoms with van der Waals surface area (Å²) in [5.74, 6) is -1.32. The number of nitrogens with zero attached hydrogens (tertiary/aromatic N) is 4. The van der Waals surface area contributed by atoms with E-state index in [9.17, 15) is 8.78 Å². The van der Waals surface area contributed by atoms with Gasteiger partial charge in [-0.25, -0.2) is 18.7 Å². The summed E-state index contributed by atoms with van der Waals surface area (Å²) in [7, 11) is 0. The van der Waals surface area contributed by atoms with Gasteiger partial charge in [0.1, 0.15) is 0 Å².